The molecule has 1 aromatic carbocycles. The third-order valence-electron chi connectivity index (χ3n) is 3.35. The standard InChI is InChI=1S/C13H20N2/c1-15-9-5-8-12(10-15)13(14)11-6-3-2-4-7-11/h2-4,6-7,12-13H,5,8-10,14H2,1H3. The van der Waals surface area contributed by atoms with Gasteiger partial charge in [-0.15, -0.1) is 0 Å². The molecule has 1 aliphatic heterocycles. The molecule has 2 rings (SSSR count). The summed E-state index contributed by atoms with van der Waals surface area (Å²) < 4.78 is 0. The number of hydrogen-bond donors (Lipinski definition) is 1. The van der Waals surface area contributed by atoms with Crippen molar-refractivity contribution in [2.45, 2.75) is 18.9 Å². The first-order chi connectivity index (χ1) is 7.27. The average Bonchev–Trinajstić information content (AvgIpc) is 2.29. The van der Waals surface area contributed by atoms with E-state index in [4.69, 9.17) is 5.73 Å². The maximum atomic E-state index is 6.31. The first-order valence-electron chi connectivity index (χ1n) is 5.76. The quantitative estimate of drug-likeness (QED) is 0.798. The lowest BCUT2D eigenvalue weighted by Gasteiger charge is -2.33. The Kier molecular flexibility index (Phi) is 3.39. The largest absolute Gasteiger partial charge is 0.324 e. The van der Waals surface area contributed by atoms with Crippen LogP contribution in [0.3, 0.4) is 0 Å². The Morgan fingerprint density at radius 1 is 1.33 bits per heavy atom. The van der Waals surface area contributed by atoms with Crippen molar-refractivity contribution in [3.05, 3.63) is 35.9 Å². The molecule has 0 spiro atoms. The Morgan fingerprint density at radius 3 is 2.73 bits per heavy atom. The normalized spacial score (nSPS) is 25.1. The van der Waals surface area contributed by atoms with Gasteiger partial charge in [-0.3, -0.25) is 0 Å². The van der Waals surface area contributed by atoms with Gasteiger partial charge in [-0.1, -0.05) is 30.3 Å². The van der Waals surface area contributed by atoms with E-state index in [9.17, 15) is 0 Å². The van der Waals surface area contributed by atoms with E-state index >= 15 is 0 Å². The molecule has 82 valence electrons. The smallest absolute Gasteiger partial charge is 0.0335 e. The van der Waals surface area contributed by atoms with Crippen molar-refractivity contribution < 1.29 is 0 Å². The van der Waals surface area contributed by atoms with Crippen molar-refractivity contribution in [3.8, 4) is 0 Å². The van der Waals surface area contributed by atoms with Crippen LogP contribution in [-0.4, -0.2) is 25.0 Å². The zero-order valence-corrected chi connectivity index (χ0v) is 9.39. The highest BCUT2D eigenvalue weighted by Gasteiger charge is 2.23. The zero-order valence-electron chi connectivity index (χ0n) is 9.39. The Hall–Kier alpha value is -0.860. The van der Waals surface area contributed by atoms with Crippen LogP contribution in [0.1, 0.15) is 24.4 Å². The molecule has 0 aromatic heterocycles. The fourth-order valence-corrected chi connectivity index (χ4v) is 2.45. The molecule has 1 fully saturated rings. The van der Waals surface area contributed by atoms with Gasteiger partial charge in [0.25, 0.3) is 0 Å². The number of piperidine rings is 1. The van der Waals surface area contributed by atoms with E-state index < -0.39 is 0 Å². The Labute approximate surface area is 92.1 Å². The van der Waals surface area contributed by atoms with Crippen LogP contribution < -0.4 is 5.73 Å². The second kappa shape index (κ2) is 4.77. The van der Waals surface area contributed by atoms with E-state index in [2.05, 4.69) is 36.2 Å². The third-order valence-corrected chi connectivity index (χ3v) is 3.35. The van der Waals surface area contributed by atoms with E-state index in [0.29, 0.717) is 5.92 Å². The van der Waals surface area contributed by atoms with Crippen molar-refractivity contribution in [1.82, 2.24) is 4.90 Å². The van der Waals surface area contributed by atoms with Crippen molar-refractivity contribution in [2.24, 2.45) is 11.7 Å². The molecule has 1 aromatic rings. The molecule has 0 aliphatic carbocycles. The van der Waals surface area contributed by atoms with Crippen LogP contribution >= 0.6 is 0 Å². The highest BCUT2D eigenvalue weighted by molar-refractivity contribution is 5.19. The summed E-state index contributed by atoms with van der Waals surface area (Å²) in [5.74, 6) is 0.617. The predicted octanol–water partition coefficient (Wildman–Crippen LogP) is 2.03. The van der Waals surface area contributed by atoms with E-state index in [1.165, 1.54) is 24.9 Å². The molecular formula is C13H20N2. The SMILES string of the molecule is CN1CCCC(C(N)c2ccccc2)C1. The van der Waals surface area contributed by atoms with Crippen molar-refractivity contribution >= 4 is 0 Å². The molecule has 1 heterocycles. The number of hydrogen-bond acceptors (Lipinski definition) is 2. The van der Waals surface area contributed by atoms with Gasteiger partial charge in [0.2, 0.25) is 0 Å². The van der Waals surface area contributed by atoms with Crippen LogP contribution in [0.25, 0.3) is 0 Å². The Morgan fingerprint density at radius 2 is 2.07 bits per heavy atom. The van der Waals surface area contributed by atoms with E-state index in [1.54, 1.807) is 0 Å². The third kappa shape index (κ3) is 2.58. The minimum atomic E-state index is 0.203. The van der Waals surface area contributed by atoms with Crippen LogP contribution in [0.2, 0.25) is 0 Å². The summed E-state index contributed by atoms with van der Waals surface area (Å²) >= 11 is 0. The van der Waals surface area contributed by atoms with Crippen LogP contribution in [0.15, 0.2) is 30.3 Å². The molecule has 1 saturated heterocycles. The topological polar surface area (TPSA) is 29.3 Å². The summed E-state index contributed by atoms with van der Waals surface area (Å²) in [5, 5.41) is 0. The number of benzene rings is 1. The van der Waals surface area contributed by atoms with Crippen molar-refractivity contribution in [1.29, 1.82) is 0 Å². The first kappa shape index (κ1) is 10.7. The number of rotatable bonds is 2. The van der Waals surface area contributed by atoms with Crippen LogP contribution in [0, 0.1) is 5.92 Å². The summed E-state index contributed by atoms with van der Waals surface area (Å²) in [4.78, 5) is 2.39. The van der Waals surface area contributed by atoms with Gasteiger partial charge in [-0.2, -0.15) is 0 Å². The maximum Gasteiger partial charge on any atom is 0.0335 e. The second-order valence-electron chi connectivity index (χ2n) is 4.60. The van der Waals surface area contributed by atoms with Gasteiger partial charge in [-0.05, 0) is 37.9 Å². The molecule has 0 saturated carbocycles. The van der Waals surface area contributed by atoms with Gasteiger partial charge >= 0.3 is 0 Å². The number of nitrogens with two attached hydrogens (primary N) is 1. The molecule has 0 radical (unpaired) electrons. The highest BCUT2D eigenvalue weighted by Crippen LogP contribution is 2.26. The van der Waals surface area contributed by atoms with E-state index in [1.807, 2.05) is 6.07 Å². The second-order valence-corrected chi connectivity index (χ2v) is 4.60. The lowest BCUT2D eigenvalue weighted by atomic mass is 9.87. The van der Waals surface area contributed by atoms with Gasteiger partial charge in [-0.25, -0.2) is 0 Å². The highest BCUT2D eigenvalue weighted by atomic mass is 15.1. The fraction of sp³-hybridized carbons (Fsp3) is 0.538. The first-order valence-corrected chi connectivity index (χ1v) is 5.76. The summed E-state index contributed by atoms with van der Waals surface area (Å²) in [5.41, 5.74) is 7.58. The lowest BCUT2D eigenvalue weighted by Crippen LogP contribution is -2.37. The molecule has 1 aliphatic rings. The molecule has 2 nitrogen and oxygen atoms in total. The summed E-state index contributed by atoms with van der Waals surface area (Å²) in [7, 11) is 2.18. The van der Waals surface area contributed by atoms with Crippen molar-refractivity contribution in [2.75, 3.05) is 20.1 Å². The number of nitrogens with zero attached hydrogens (tertiary/aromatic N) is 1. The van der Waals surface area contributed by atoms with Gasteiger partial charge in [0.1, 0.15) is 0 Å². The maximum absolute atomic E-state index is 6.31. The van der Waals surface area contributed by atoms with Crippen LogP contribution in [0.5, 0.6) is 0 Å². The summed E-state index contributed by atoms with van der Waals surface area (Å²) in [6.45, 7) is 2.36. The Balaban J connectivity index is 2.04. The van der Waals surface area contributed by atoms with E-state index in [-0.39, 0.29) is 6.04 Å². The molecule has 15 heavy (non-hydrogen) atoms. The van der Waals surface area contributed by atoms with Gasteiger partial charge in [0.05, 0.1) is 0 Å². The predicted molar refractivity (Wildman–Crippen MR) is 63.6 cm³/mol. The minimum Gasteiger partial charge on any atom is -0.324 e. The van der Waals surface area contributed by atoms with Gasteiger partial charge in [0.15, 0.2) is 0 Å². The monoisotopic (exact) mass is 204 g/mol. The molecule has 0 amide bonds. The molecule has 0 bridgehead atoms. The van der Waals surface area contributed by atoms with Gasteiger partial charge in [0, 0.05) is 12.6 Å². The summed E-state index contributed by atoms with van der Waals surface area (Å²) in [6, 6.07) is 10.7. The van der Waals surface area contributed by atoms with Gasteiger partial charge < -0.3 is 10.6 Å². The minimum absolute atomic E-state index is 0.203. The molecule has 2 atom stereocenters. The molecule has 2 N–H and O–H groups in total. The van der Waals surface area contributed by atoms with Crippen molar-refractivity contribution in [3.63, 3.8) is 0 Å². The molecule has 2 unspecified atom stereocenters. The molecular weight excluding hydrogens is 184 g/mol. The number of likely N-dealkylation sites (tertiary alicyclic amines) is 1. The average molecular weight is 204 g/mol. The van der Waals surface area contributed by atoms with Crippen LogP contribution in [0.4, 0.5) is 0 Å². The zero-order chi connectivity index (χ0) is 10.7. The van der Waals surface area contributed by atoms with Crippen LogP contribution in [-0.2, 0) is 0 Å². The molecule has 2 heteroatoms. The lowest BCUT2D eigenvalue weighted by molar-refractivity contribution is 0.188. The summed E-state index contributed by atoms with van der Waals surface area (Å²) in [6.07, 6.45) is 2.54. The van der Waals surface area contributed by atoms with E-state index in [0.717, 1.165) is 6.54 Å². The fourth-order valence-electron chi connectivity index (χ4n) is 2.45. The Bertz CT molecular complexity index is 297.